The molecular weight excluding hydrogens is 388 g/mol. The van der Waals surface area contributed by atoms with Gasteiger partial charge in [0.1, 0.15) is 0 Å². The van der Waals surface area contributed by atoms with E-state index in [4.69, 9.17) is 0 Å². The number of aromatic amines is 3. The minimum absolute atomic E-state index is 0.158. The molecule has 2 aliphatic rings. The Morgan fingerprint density at radius 2 is 1.81 bits per heavy atom. The fraction of sp³-hybridized carbons (Fsp3) is 0.542. The summed E-state index contributed by atoms with van der Waals surface area (Å²) in [6.07, 6.45) is 12.0. The number of rotatable bonds is 10. The summed E-state index contributed by atoms with van der Waals surface area (Å²) in [7, 11) is 0. The third-order valence-corrected chi connectivity index (χ3v) is 6.82. The first kappa shape index (κ1) is 20.2. The number of hydrogen-bond acceptors (Lipinski definition) is 4. The fourth-order valence-electron chi connectivity index (χ4n) is 4.81. The van der Waals surface area contributed by atoms with Crippen LogP contribution in [0.1, 0.15) is 79.6 Å². The lowest BCUT2D eigenvalue weighted by Gasteiger charge is -2.18. The number of hydrogen-bond donors (Lipinski definition) is 3. The van der Waals surface area contributed by atoms with E-state index in [1.807, 2.05) is 0 Å². The second-order valence-electron chi connectivity index (χ2n) is 8.92. The monoisotopic (exact) mass is 420 g/mol. The van der Waals surface area contributed by atoms with E-state index in [9.17, 15) is 4.79 Å². The normalized spacial score (nSPS) is 16.4. The quantitative estimate of drug-likeness (QED) is 0.466. The van der Waals surface area contributed by atoms with Gasteiger partial charge in [-0.3, -0.25) is 19.9 Å². The highest BCUT2D eigenvalue weighted by Crippen LogP contribution is 2.49. The first-order valence-corrected chi connectivity index (χ1v) is 11.7. The van der Waals surface area contributed by atoms with E-state index in [-0.39, 0.29) is 5.56 Å². The summed E-state index contributed by atoms with van der Waals surface area (Å²) < 4.78 is 0. The Bertz CT molecular complexity index is 1100. The summed E-state index contributed by atoms with van der Waals surface area (Å²) in [5.74, 6) is 1.35. The van der Waals surface area contributed by atoms with E-state index in [1.54, 1.807) is 24.2 Å². The van der Waals surface area contributed by atoms with Crippen LogP contribution in [0, 0.1) is 0 Å². The van der Waals surface area contributed by atoms with Gasteiger partial charge < -0.3 is 15.0 Å². The zero-order chi connectivity index (χ0) is 21.4. The standard InChI is InChI=1S/C24H32N6O/c1-3-30(4-2)12-9-17-21(15-5-6-15)19(28-22(17)16-7-8-16)13-20-23(26-11-10-25-20)18-14-27-29-24(18)31/h10-11,14-16,28H,3-9,12-13H2,1-2H3,(H2,27,29,31). The third-order valence-electron chi connectivity index (χ3n) is 6.82. The van der Waals surface area contributed by atoms with Crippen LogP contribution in [0.5, 0.6) is 0 Å². The van der Waals surface area contributed by atoms with Gasteiger partial charge in [-0.05, 0) is 68.2 Å². The molecule has 0 atom stereocenters. The molecule has 0 saturated heterocycles. The zero-order valence-electron chi connectivity index (χ0n) is 18.5. The van der Waals surface area contributed by atoms with Crippen molar-refractivity contribution in [1.82, 2.24) is 30.0 Å². The summed E-state index contributed by atoms with van der Waals surface area (Å²) >= 11 is 0. The molecule has 0 aromatic carbocycles. The van der Waals surface area contributed by atoms with Crippen molar-refractivity contribution in [3.63, 3.8) is 0 Å². The summed E-state index contributed by atoms with van der Waals surface area (Å²) in [4.78, 5) is 27.7. The van der Waals surface area contributed by atoms with E-state index in [1.165, 1.54) is 42.6 Å². The SMILES string of the molecule is CCN(CC)CCc1c(C2CC2)[nH]c(Cc2nccnc2-c2c[nH][nH]c2=O)c1C1CC1. The molecule has 0 aliphatic heterocycles. The van der Waals surface area contributed by atoms with Gasteiger partial charge in [0.15, 0.2) is 0 Å². The van der Waals surface area contributed by atoms with Crippen LogP contribution >= 0.6 is 0 Å². The predicted octanol–water partition coefficient (Wildman–Crippen LogP) is 3.72. The van der Waals surface area contributed by atoms with Crippen LogP contribution in [0.2, 0.25) is 0 Å². The second-order valence-corrected chi connectivity index (χ2v) is 8.92. The Morgan fingerprint density at radius 1 is 1.06 bits per heavy atom. The zero-order valence-corrected chi connectivity index (χ0v) is 18.5. The van der Waals surface area contributed by atoms with Crippen LogP contribution in [0.25, 0.3) is 11.3 Å². The molecule has 2 aliphatic carbocycles. The summed E-state index contributed by atoms with van der Waals surface area (Å²) in [5.41, 5.74) is 7.76. The topological polar surface area (TPSA) is 93.5 Å². The maximum atomic E-state index is 12.2. The lowest BCUT2D eigenvalue weighted by atomic mass is 9.97. The Labute approximate surface area is 182 Å². The van der Waals surface area contributed by atoms with Crippen molar-refractivity contribution in [3.05, 3.63) is 57.2 Å². The molecule has 0 unspecified atom stereocenters. The highest BCUT2D eigenvalue weighted by molar-refractivity contribution is 5.60. The average Bonchev–Trinajstić information content (AvgIpc) is 3.72. The number of aromatic nitrogens is 5. The third kappa shape index (κ3) is 4.11. The van der Waals surface area contributed by atoms with E-state index in [2.05, 4.69) is 43.9 Å². The van der Waals surface area contributed by atoms with Crippen molar-refractivity contribution in [1.29, 1.82) is 0 Å². The largest absolute Gasteiger partial charge is 0.361 e. The van der Waals surface area contributed by atoms with Crippen molar-refractivity contribution in [2.24, 2.45) is 0 Å². The molecule has 0 amide bonds. The van der Waals surface area contributed by atoms with Crippen molar-refractivity contribution in [3.8, 4) is 11.3 Å². The molecule has 2 fully saturated rings. The molecule has 3 aromatic heterocycles. The van der Waals surface area contributed by atoms with E-state index >= 15 is 0 Å². The molecule has 31 heavy (non-hydrogen) atoms. The van der Waals surface area contributed by atoms with Gasteiger partial charge in [0.25, 0.3) is 5.56 Å². The van der Waals surface area contributed by atoms with Gasteiger partial charge in [-0.25, -0.2) is 0 Å². The summed E-state index contributed by atoms with van der Waals surface area (Å²) in [6, 6.07) is 0. The molecule has 7 heteroatoms. The lowest BCUT2D eigenvalue weighted by Crippen LogP contribution is -2.25. The number of nitrogens with one attached hydrogen (secondary N) is 3. The molecule has 7 nitrogen and oxygen atoms in total. The Hall–Kier alpha value is -2.67. The molecule has 2 saturated carbocycles. The van der Waals surface area contributed by atoms with Crippen molar-refractivity contribution in [2.45, 2.75) is 64.2 Å². The first-order valence-electron chi connectivity index (χ1n) is 11.7. The van der Waals surface area contributed by atoms with Crippen LogP contribution in [-0.4, -0.2) is 49.7 Å². The van der Waals surface area contributed by atoms with E-state index in [0.717, 1.165) is 31.7 Å². The molecule has 3 heterocycles. The molecular formula is C24H32N6O. The maximum absolute atomic E-state index is 12.2. The van der Waals surface area contributed by atoms with Crippen LogP contribution in [0.3, 0.4) is 0 Å². The van der Waals surface area contributed by atoms with Crippen LogP contribution < -0.4 is 5.56 Å². The van der Waals surface area contributed by atoms with Gasteiger partial charge in [0.05, 0.1) is 17.0 Å². The van der Waals surface area contributed by atoms with E-state index < -0.39 is 0 Å². The molecule has 3 N–H and O–H groups in total. The first-order chi connectivity index (χ1) is 15.2. The van der Waals surface area contributed by atoms with E-state index in [0.29, 0.717) is 29.5 Å². The van der Waals surface area contributed by atoms with Crippen LogP contribution in [0.4, 0.5) is 0 Å². The van der Waals surface area contributed by atoms with Crippen molar-refractivity contribution < 1.29 is 0 Å². The van der Waals surface area contributed by atoms with Crippen molar-refractivity contribution >= 4 is 0 Å². The Kier molecular flexibility index (Phi) is 5.52. The van der Waals surface area contributed by atoms with Gasteiger partial charge >= 0.3 is 0 Å². The molecule has 5 rings (SSSR count). The highest BCUT2D eigenvalue weighted by Gasteiger charge is 2.36. The highest BCUT2D eigenvalue weighted by atomic mass is 16.1. The molecule has 164 valence electrons. The fourth-order valence-corrected chi connectivity index (χ4v) is 4.81. The van der Waals surface area contributed by atoms with Crippen LogP contribution in [0.15, 0.2) is 23.4 Å². The minimum Gasteiger partial charge on any atom is -0.361 e. The Morgan fingerprint density at radius 3 is 2.45 bits per heavy atom. The number of H-pyrrole nitrogens is 3. The predicted molar refractivity (Wildman–Crippen MR) is 121 cm³/mol. The minimum atomic E-state index is -0.158. The van der Waals surface area contributed by atoms with Gasteiger partial charge in [-0.15, -0.1) is 0 Å². The summed E-state index contributed by atoms with van der Waals surface area (Å²) in [5, 5.41) is 5.40. The van der Waals surface area contributed by atoms with Gasteiger partial charge in [0.2, 0.25) is 0 Å². The average molecular weight is 421 g/mol. The summed E-state index contributed by atoms with van der Waals surface area (Å²) in [6.45, 7) is 7.79. The maximum Gasteiger partial charge on any atom is 0.273 e. The van der Waals surface area contributed by atoms with Crippen LogP contribution in [-0.2, 0) is 12.8 Å². The van der Waals surface area contributed by atoms with Gasteiger partial charge in [-0.2, -0.15) is 0 Å². The lowest BCUT2D eigenvalue weighted by molar-refractivity contribution is 0.307. The molecule has 0 bridgehead atoms. The molecule has 0 radical (unpaired) electrons. The smallest absolute Gasteiger partial charge is 0.273 e. The second kappa shape index (κ2) is 8.46. The van der Waals surface area contributed by atoms with Gasteiger partial charge in [0, 0.05) is 42.9 Å². The van der Waals surface area contributed by atoms with Gasteiger partial charge in [-0.1, -0.05) is 13.8 Å². The number of nitrogens with zero attached hydrogens (tertiary/aromatic N) is 3. The molecule has 0 spiro atoms. The Balaban J connectivity index is 1.51. The van der Waals surface area contributed by atoms with Crippen molar-refractivity contribution in [2.75, 3.05) is 19.6 Å². The molecule has 3 aromatic rings. The number of likely N-dealkylation sites (N-methyl/N-ethyl adjacent to an activating group) is 1.